The number of hydrogen-bond acceptors (Lipinski definition) is 5. The van der Waals surface area contributed by atoms with Gasteiger partial charge in [0.2, 0.25) is 0 Å². The first kappa shape index (κ1) is 20.6. The Hall–Kier alpha value is -2.70. The lowest BCUT2D eigenvalue weighted by Crippen LogP contribution is -2.38. The Bertz CT molecular complexity index is 1130. The van der Waals surface area contributed by atoms with Gasteiger partial charge >= 0.3 is 0 Å². The van der Waals surface area contributed by atoms with Gasteiger partial charge in [0.1, 0.15) is 5.58 Å². The molecule has 0 saturated heterocycles. The molecule has 4 rings (SSSR count). The van der Waals surface area contributed by atoms with E-state index in [2.05, 4.69) is 43.9 Å². The van der Waals surface area contributed by atoms with Crippen LogP contribution >= 0.6 is 11.3 Å². The van der Waals surface area contributed by atoms with E-state index in [1.165, 1.54) is 5.56 Å². The summed E-state index contributed by atoms with van der Waals surface area (Å²) in [6.07, 6.45) is 0.914. The molecule has 0 unspecified atom stereocenters. The Morgan fingerprint density at radius 3 is 2.57 bits per heavy atom. The molecule has 156 valence electrons. The van der Waals surface area contributed by atoms with E-state index < -0.39 is 0 Å². The molecule has 0 saturated carbocycles. The maximum atomic E-state index is 13.5. The zero-order chi connectivity index (χ0) is 21.1. The summed E-state index contributed by atoms with van der Waals surface area (Å²) in [4.78, 5) is 22.5. The molecule has 0 aliphatic rings. The molecule has 1 amide bonds. The monoisotopic (exact) mass is 421 g/mol. The number of aromatic nitrogens is 1. The van der Waals surface area contributed by atoms with Gasteiger partial charge in [-0.1, -0.05) is 62.4 Å². The number of rotatable bonds is 8. The number of furan rings is 1. The fourth-order valence-corrected chi connectivity index (χ4v) is 4.72. The zero-order valence-corrected chi connectivity index (χ0v) is 18.5. The van der Waals surface area contributed by atoms with Gasteiger partial charge < -0.3 is 9.32 Å². The second-order valence-corrected chi connectivity index (χ2v) is 8.26. The van der Waals surface area contributed by atoms with Crippen LogP contribution in [0.25, 0.3) is 21.2 Å². The van der Waals surface area contributed by atoms with Gasteiger partial charge in [-0.15, -0.1) is 0 Å². The summed E-state index contributed by atoms with van der Waals surface area (Å²) in [6, 6.07) is 15.8. The van der Waals surface area contributed by atoms with Crippen molar-refractivity contribution < 1.29 is 9.21 Å². The average molecular weight is 422 g/mol. The number of benzene rings is 2. The van der Waals surface area contributed by atoms with Crippen molar-refractivity contribution in [2.75, 3.05) is 31.1 Å². The SMILES string of the molecule is CCc1cccc2sc(N(CCN(CC)CC)C(=O)c3cc4ccccc4o3)nc12. The molecule has 4 aromatic rings. The van der Waals surface area contributed by atoms with Crippen LogP contribution in [0.15, 0.2) is 52.9 Å². The summed E-state index contributed by atoms with van der Waals surface area (Å²) < 4.78 is 6.99. The number of carbonyl (C=O) groups is 1. The maximum absolute atomic E-state index is 13.5. The van der Waals surface area contributed by atoms with Gasteiger partial charge in [0.05, 0.1) is 10.2 Å². The number of nitrogens with zero attached hydrogens (tertiary/aromatic N) is 3. The van der Waals surface area contributed by atoms with Gasteiger partial charge in [0.15, 0.2) is 10.9 Å². The number of likely N-dealkylation sites (N-methyl/N-ethyl adjacent to an activating group) is 1. The highest BCUT2D eigenvalue weighted by Crippen LogP contribution is 2.32. The third-order valence-electron chi connectivity index (χ3n) is 5.52. The molecule has 0 fully saturated rings. The number of fused-ring (bicyclic) bond motifs is 2. The Morgan fingerprint density at radius 2 is 1.83 bits per heavy atom. The van der Waals surface area contributed by atoms with Crippen LogP contribution in [0.3, 0.4) is 0 Å². The molecule has 5 nitrogen and oxygen atoms in total. The molecular weight excluding hydrogens is 394 g/mol. The molecule has 30 heavy (non-hydrogen) atoms. The van der Waals surface area contributed by atoms with Gasteiger partial charge in [0, 0.05) is 18.5 Å². The van der Waals surface area contributed by atoms with Crippen LogP contribution in [0.1, 0.15) is 36.9 Å². The fraction of sp³-hybridized carbons (Fsp3) is 0.333. The van der Waals surface area contributed by atoms with E-state index in [1.807, 2.05) is 30.3 Å². The summed E-state index contributed by atoms with van der Waals surface area (Å²) in [5.41, 5.74) is 2.92. The topological polar surface area (TPSA) is 49.6 Å². The van der Waals surface area contributed by atoms with Gasteiger partial charge in [-0.05, 0) is 43.3 Å². The van der Waals surface area contributed by atoms with Crippen molar-refractivity contribution in [1.82, 2.24) is 9.88 Å². The van der Waals surface area contributed by atoms with Crippen molar-refractivity contribution in [2.45, 2.75) is 27.2 Å². The first-order valence-corrected chi connectivity index (χ1v) is 11.4. The smallest absolute Gasteiger partial charge is 0.295 e. The van der Waals surface area contributed by atoms with Gasteiger partial charge in [-0.25, -0.2) is 4.98 Å². The fourth-order valence-electron chi connectivity index (χ4n) is 3.68. The number of para-hydroxylation sites is 2. The molecule has 2 aromatic heterocycles. The Kier molecular flexibility index (Phi) is 6.16. The number of aryl methyl sites for hydroxylation is 1. The van der Waals surface area contributed by atoms with Crippen molar-refractivity contribution in [3.05, 3.63) is 59.9 Å². The van der Waals surface area contributed by atoms with Crippen LogP contribution in [0.2, 0.25) is 0 Å². The maximum Gasteiger partial charge on any atom is 0.295 e. The molecule has 0 bridgehead atoms. The molecule has 0 atom stereocenters. The summed E-state index contributed by atoms with van der Waals surface area (Å²) in [5.74, 6) is 0.209. The largest absolute Gasteiger partial charge is 0.451 e. The molecule has 2 aromatic carbocycles. The highest BCUT2D eigenvalue weighted by molar-refractivity contribution is 7.22. The highest BCUT2D eigenvalue weighted by Gasteiger charge is 2.25. The predicted octanol–water partition coefficient (Wildman–Crippen LogP) is 5.59. The lowest BCUT2D eigenvalue weighted by atomic mass is 10.1. The van der Waals surface area contributed by atoms with E-state index in [4.69, 9.17) is 9.40 Å². The molecule has 2 heterocycles. The van der Waals surface area contributed by atoms with E-state index in [0.717, 1.165) is 52.4 Å². The predicted molar refractivity (Wildman–Crippen MR) is 125 cm³/mol. The third-order valence-corrected chi connectivity index (χ3v) is 6.56. The van der Waals surface area contributed by atoms with E-state index in [-0.39, 0.29) is 5.91 Å². The lowest BCUT2D eigenvalue weighted by molar-refractivity contribution is 0.0959. The van der Waals surface area contributed by atoms with Gasteiger partial charge in [-0.2, -0.15) is 0 Å². The Labute approximate surface area is 180 Å². The van der Waals surface area contributed by atoms with Crippen LogP contribution in [0.5, 0.6) is 0 Å². The average Bonchev–Trinajstić information content (AvgIpc) is 3.40. The number of anilines is 1. The minimum atomic E-state index is -0.143. The van der Waals surface area contributed by atoms with E-state index in [0.29, 0.717) is 12.3 Å². The van der Waals surface area contributed by atoms with E-state index in [1.54, 1.807) is 16.2 Å². The molecular formula is C24H27N3O2S. The van der Waals surface area contributed by atoms with Crippen molar-refractivity contribution in [3.63, 3.8) is 0 Å². The first-order valence-electron chi connectivity index (χ1n) is 10.6. The van der Waals surface area contributed by atoms with Crippen LogP contribution in [-0.4, -0.2) is 42.0 Å². The van der Waals surface area contributed by atoms with Crippen molar-refractivity contribution in [1.29, 1.82) is 0 Å². The summed E-state index contributed by atoms with van der Waals surface area (Å²) in [6.45, 7) is 9.66. The normalized spacial score (nSPS) is 11.6. The molecule has 6 heteroatoms. The van der Waals surface area contributed by atoms with Crippen LogP contribution < -0.4 is 4.90 Å². The highest BCUT2D eigenvalue weighted by atomic mass is 32.1. The molecule has 0 aliphatic carbocycles. The van der Waals surface area contributed by atoms with E-state index in [9.17, 15) is 4.79 Å². The van der Waals surface area contributed by atoms with Crippen molar-refractivity contribution in [3.8, 4) is 0 Å². The Balaban J connectivity index is 1.72. The van der Waals surface area contributed by atoms with Crippen molar-refractivity contribution >= 4 is 43.6 Å². The Morgan fingerprint density at radius 1 is 1.03 bits per heavy atom. The molecule has 0 N–H and O–H groups in total. The third kappa shape index (κ3) is 3.98. The second kappa shape index (κ2) is 8.98. The minimum Gasteiger partial charge on any atom is -0.451 e. The summed E-state index contributed by atoms with van der Waals surface area (Å²) >= 11 is 1.57. The van der Waals surface area contributed by atoms with E-state index >= 15 is 0 Å². The number of carbonyl (C=O) groups excluding carboxylic acids is 1. The quantitative estimate of drug-likeness (QED) is 0.372. The van der Waals surface area contributed by atoms with Gasteiger partial charge in [0.25, 0.3) is 5.91 Å². The lowest BCUT2D eigenvalue weighted by Gasteiger charge is -2.24. The van der Waals surface area contributed by atoms with Crippen LogP contribution in [0, 0.1) is 0 Å². The molecule has 0 radical (unpaired) electrons. The summed E-state index contributed by atoms with van der Waals surface area (Å²) in [7, 11) is 0. The van der Waals surface area contributed by atoms with Gasteiger partial charge in [-0.3, -0.25) is 9.69 Å². The zero-order valence-electron chi connectivity index (χ0n) is 17.7. The second-order valence-electron chi connectivity index (χ2n) is 7.25. The minimum absolute atomic E-state index is 0.143. The number of thiazole rings is 1. The number of amides is 1. The standard InChI is InChI=1S/C24H27N3O2S/c1-4-17-11-9-13-21-22(17)25-24(30-21)27(15-14-26(5-2)6-3)23(28)20-16-18-10-7-8-12-19(18)29-20/h7-13,16H,4-6,14-15H2,1-3H3. The molecule has 0 aliphatic heterocycles. The first-order chi connectivity index (χ1) is 14.6. The number of hydrogen-bond donors (Lipinski definition) is 0. The van der Waals surface area contributed by atoms with Crippen molar-refractivity contribution in [2.24, 2.45) is 0 Å². The van der Waals surface area contributed by atoms with Crippen LogP contribution in [-0.2, 0) is 6.42 Å². The van der Waals surface area contributed by atoms with Crippen LogP contribution in [0.4, 0.5) is 5.13 Å². The summed E-state index contributed by atoms with van der Waals surface area (Å²) in [5, 5.41) is 1.66. The molecule has 0 spiro atoms.